The van der Waals surface area contributed by atoms with Gasteiger partial charge in [-0.2, -0.15) is 0 Å². The fourth-order valence-corrected chi connectivity index (χ4v) is 1.92. The minimum Gasteiger partial charge on any atom is -0.300 e. The van der Waals surface area contributed by atoms with Crippen molar-refractivity contribution in [3.05, 3.63) is 49.1 Å². The Labute approximate surface area is 125 Å². The van der Waals surface area contributed by atoms with Crippen molar-refractivity contribution in [1.29, 1.82) is 0 Å². The normalized spacial score (nSPS) is 11.8. The maximum Gasteiger partial charge on any atom is 0.133 e. The Balaban J connectivity index is 3.44. The largest absolute Gasteiger partial charge is 0.300 e. The molecule has 112 valence electrons. The number of unbranched alkanes of at least 4 members (excludes halogenated alkanes) is 5. The average Bonchev–Trinajstić information content (AvgIpc) is 2.45. The van der Waals surface area contributed by atoms with Crippen molar-refractivity contribution < 1.29 is 4.79 Å². The molecule has 0 saturated heterocycles. The third-order valence-electron chi connectivity index (χ3n) is 3.12. The number of rotatable bonds is 13. The number of hydrogen-bond donors (Lipinski definition) is 0. The Bertz CT molecular complexity index is 321. The lowest BCUT2D eigenvalue weighted by molar-refractivity contribution is -0.119. The molecule has 20 heavy (non-hydrogen) atoms. The lowest BCUT2D eigenvalue weighted by Gasteiger charge is -2.00. The van der Waals surface area contributed by atoms with Crippen molar-refractivity contribution in [3.8, 4) is 0 Å². The van der Waals surface area contributed by atoms with Gasteiger partial charge in [-0.3, -0.25) is 4.79 Å². The summed E-state index contributed by atoms with van der Waals surface area (Å²) in [6, 6.07) is 0. The van der Waals surface area contributed by atoms with Crippen molar-refractivity contribution in [2.24, 2.45) is 0 Å². The highest BCUT2D eigenvalue weighted by atomic mass is 16.1. The first kappa shape index (κ1) is 18.6. The molecule has 0 atom stereocenters. The molecule has 0 aromatic rings. The van der Waals surface area contributed by atoms with E-state index in [1.54, 1.807) is 6.08 Å². The average molecular weight is 274 g/mol. The summed E-state index contributed by atoms with van der Waals surface area (Å²) in [5.74, 6) is 0.403. The summed E-state index contributed by atoms with van der Waals surface area (Å²) in [7, 11) is 0. The molecule has 0 rings (SSSR count). The molecule has 1 heteroatoms. The summed E-state index contributed by atoms with van der Waals surface area (Å²) < 4.78 is 0. The van der Waals surface area contributed by atoms with Crippen molar-refractivity contribution in [2.75, 3.05) is 0 Å². The van der Waals surface area contributed by atoms with Gasteiger partial charge in [0.15, 0.2) is 0 Å². The van der Waals surface area contributed by atoms with Gasteiger partial charge in [0.25, 0.3) is 0 Å². The summed E-state index contributed by atoms with van der Waals surface area (Å²) in [4.78, 5) is 11.6. The highest BCUT2D eigenvalue weighted by molar-refractivity contribution is 5.78. The van der Waals surface area contributed by atoms with Crippen LogP contribution in [0.2, 0.25) is 0 Å². The zero-order valence-electron chi connectivity index (χ0n) is 13.0. The summed E-state index contributed by atoms with van der Waals surface area (Å²) >= 11 is 0. The lowest BCUT2D eigenvalue weighted by Crippen LogP contribution is -1.96. The molecular formula is C19H30O. The topological polar surface area (TPSA) is 17.1 Å². The second-order valence-corrected chi connectivity index (χ2v) is 5.03. The Morgan fingerprint density at radius 1 is 0.850 bits per heavy atom. The van der Waals surface area contributed by atoms with Crippen molar-refractivity contribution in [1.82, 2.24) is 0 Å². The van der Waals surface area contributed by atoms with Crippen LogP contribution in [0.4, 0.5) is 0 Å². The van der Waals surface area contributed by atoms with E-state index in [0.717, 1.165) is 19.3 Å². The predicted octanol–water partition coefficient (Wildman–Crippen LogP) is 5.94. The Morgan fingerprint density at radius 3 is 2.25 bits per heavy atom. The smallest absolute Gasteiger partial charge is 0.133 e. The summed E-state index contributed by atoms with van der Waals surface area (Å²) in [5, 5.41) is 0. The molecule has 0 aliphatic heterocycles. The zero-order chi connectivity index (χ0) is 14.9. The highest BCUT2D eigenvalue weighted by Gasteiger charge is 1.99. The van der Waals surface area contributed by atoms with Crippen LogP contribution in [0.1, 0.15) is 64.7 Å². The molecule has 0 spiro atoms. The molecule has 0 aromatic heterocycles. The van der Waals surface area contributed by atoms with Crippen LogP contribution in [0, 0.1) is 0 Å². The fourth-order valence-electron chi connectivity index (χ4n) is 1.92. The molecule has 0 aliphatic carbocycles. The van der Waals surface area contributed by atoms with E-state index in [-0.39, 0.29) is 0 Å². The Morgan fingerprint density at radius 2 is 1.50 bits per heavy atom. The van der Waals surface area contributed by atoms with Crippen LogP contribution in [-0.4, -0.2) is 5.78 Å². The van der Waals surface area contributed by atoms with E-state index in [0.29, 0.717) is 12.2 Å². The van der Waals surface area contributed by atoms with Crippen LogP contribution in [0.3, 0.4) is 0 Å². The molecule has 0 bridgehead atoms. The van der Waals surface area contributed by atoms with Gasteiger partial charge in [0.05, 0.1) is 0 Å². The summed E-state index contributed by atoms with van der Waals surface area (Å²) in [6.45, 7) is 5.82. The van der Waals surface area contributed by atoms with Gasteiger partial charge < -0.3 is 0 Å². The van der Waals surface area contributed by atoms with E-state index >= 15 is 0 Å². The predicted molar refractivity (Wildman–Crippen MR) is 89.9 cm³/mol. The second-order valence-electron chi connectivity index (χ2n) is 5.03. The molecule has 0 saturated carbocycles. The van der Waals surface area contributed by atoms with Crippen LogP contribution in [0.5, 0.6) is 0 Å². The van der Waals surface area contributed by atoms with Gasteiger partial charge in [0.2, 0.25) is 0 Å². The number of ketones is 1. The van der Waals surface area contributed by atoms with E-state index in [4.69, 9.17) is 0 Å². The summed E-state index contributed by atoms with van der Waals surface area (Å²) in [5.41, 5.74) is 0. The monoisotopic (exact) mass is 274 g/mol. The van der Waals surface area contributed by atoms with Crippen LogP contribution in [-0.2, 0) is 4.79 Å². The molecule has 0 aliphatic rings. The van der Waals surface area contributed by atoms with Gasteiger partial charge in [-0.25, -0.2) is 0 Å². The van der Waals surface area contributed by atoms with E-state index < -0.39 is 0 Å². The van der Waals surface area contributed by atoms with Crippen LogP contribution < -0.4 is 0 Å². The van der Waals surface area contributed by atoms with Gasteiger partial charge in [-0.1, -0.05) is 88.1 Å². The van der Waals surface area contributed by atoms with Crippen LogP contribution >= 0.6 is 0 Å². The first-order chi connectivity index (χ1) is 9.81. The number of Topliss-reactive ketones (excluding diaryl/α,β-unsaturated/α-hetero) is 1. The van der Waals surface area contributed by atoms with Crippen LogP contribution in [0.25, 0.3) is 0 Å². The van der Waals surface area contributed by atoms with Crippen LogP contribution in [0.15, 0.2) is 49.1 Å². The molecule has 0 heterocycles. The molecule has 0 amide bonds. The minimum atomic E-state index is 0.403. The number of carbonyl (C=O) groups excluding carboxylic acids is 1. The molecular weight excluding hydrogens is 244 g/mol. The molecule has 0 aromatic carbocycles. The Hall–Kier alpha value is -1.37. The Kier molecular flexibility index (Phi) is 14.6. The molecule has 1 nitrogen and oxygen atoms in total. The first-order valence-electron chi connectivity index (χ1n) is 7.93. The number of allylic oxidation sites excluding steroid dienone is 7. The standard InChI is InChI=1S/C19H30O/c1-3-5-7-9-11-12-14-16-18-19(20)17-15-13-10-8-6-4-2/h3,5,7,9,11-12,14H,1,4,6,8,10,13,15-18H2,2H3. The molecule has 0 fully saturated rings. The summed E-state index contributed by atoms with van der Waals surface area (Å²) in [6.07, 6.45) is 23.3. The third kappa shape index (κ3) is 14.7. The van der Waals surface area contributed by atoms with Gasteiger partial charge in [0, 0.05) is 12.8 Å². The van der Waals surface area contributed by atoms with Gasteiger partial charge in [-0.15, -0.1) is 0 Å². The third-order valence-corrected chi connectivity index (χ3v) is 3.12. The first-order valence-corrected chi connectivity index (χ1v) is 7.93. The van der Waals surface area contributed by atoms with E-state index in [1.807, 2.05) is 30.4 Å². The van der Waals surface area contributed by atoms with E-state index in [9.17, 15) is 4.79 Å². The highest BCUT2D eigenvalue weighted by Crippen LogP contribution is 2.08. The maximum atomic E-state index is 11.6. The van der Waals surface area contributed by atoms with Gasteiger partial charge >= 0.3 is 0 Å². The minimum absolute atomic E-state index is 0.403. The van der Waals surface area contributed by atoms with E-state index in [2.05, 4.69) is 19.6 Å². The molecule has 0 unspecified atom stereocenters. The van der Waals surface area contributed by atoms with Crippen molar-refractivity contribution >= 4 is 5.78 Å². The lowest BCUT2D eigenvalue weighted by atomic mass is 10.1. The van der Waals surface area contributed by atoms with Gasteiger partial charge in [-0.05, 0) is 12.8 Å². The molecule has 0 radical (unpaired) electrons. The quantitative estimate of drug-likeness (QED) is 0.300. The maximum absolute atomic E-state index is 11.6. The number of carbonyl (C=O) groups is 1. The van der Waals surface area contributed by atoms with Crippen molar-refractivity contribution in [3.63, 3.8) is 0 Å². The number of hydrogen-bond acceptors (Lipinski definition) is 1. The SMILES string of the molecule is C=CC=CC=CC=CCCC(=O)CCCCCCCC. The fraction of sp³-hybridized carbons (Fsp3) is 0.526. The molecule has 0 N–H and O–H groups in total. The zero-order valence-corrected chi connectivity index (χ0v) is 13.0. The second kappa shape index (κ2) is 15.7. The van der Waals surface area contributed by atoms with E-state index in [1.165, 1.54) is 32.1 Å². The van der Waals surface area contributed by atoms with Crippen molar-refractivity contribution in [2.45, 2.75) is 64.7 Å². The van der Waals surface area contributed by atoms with Gasteiger partial charge in [0.1, 0.15) is 5.78 Å².